The third kappa shape index (κ3) is 6.98. The van der Waals surface area contributed by atoms with E-state index in [4.69, 9.17) is 9.72 Å². The van der Waals surface area contributed by atoms with Gasteiger partial charge < -0.3 is 20.3 Å². The van der Waals surface area contributed by atoms with Crippen LogP contribution >= 0.6 is 0 Å². The quantitative estimate of drug-likeness (QED) is 0.302. The maximum atomic E-state index is 5.50. The monoisotopic (exact) mass is 536 g/mol. The van der Waals surface area contributed by atoms with Gasteiger partial charge in [-0.2, -0.15) is 15.1 Å². The molecule has 9 nitrogen and oxygen atoms in total. The van der Waals surface area contributed by atoms with Gasteiger partial charge in [-0.05, 0) is 83.7 Å². The lowest BCUT2D eigenvalue weighted by atomic mass is 9.89. The highest BCUT2D eigenvalue weighted by molar-refractivity contribution is 6.13. The maximum absolute atomic E-state index is 5.50. The molecule has 1 saturated carbocycles. The molecule has 2 N–H and O–H groups in total. The van der Waals surface area contributed by atoms with Crippen LogP contribution in [0.3, 0.4) is 0 Å². The average molecular weight is 537 g/mol. The van der Waals surface area contributed by atoms with Crippen molar-refractivity contribution >= 4 is 29.0 Å². The van der Waals surface area contributed by atoms with Crippen LogP contribution in [-0.2, 0) is 4.74 Å². The minimum atomic E-state index is 0.389. The van der Waals surface area contributed by atoms with Crippen LogP contribution in [0.5, 0.6) is 0 Å². The lowest BCUT2D eigenvalue weighted by molar-refractivity contribution is 0.0662. The SMILES string of the molecule is CCCN(CCCC(C)CC)C1CCC(Nc2nc(Nc3cnn(C4CCOCC4)c3)nc3c2C(C)=N3)CC1. The second kappa shape index (κ2) is 13.2. The predicted octanol–water partition coefficient (Wildman–Crippen LogP) is 6.48. The summed E-state index contributed by atoms with van der Waals surface area (Å²) in [4.78, 5) is 16.9. The van der Waals surface area contributed by atoms with Gasteiger partial charge in [0.1, 0.15) is 5.82 Å². The van der Waals surface area contributed by atoms with Crippen LogP contribution in [0.25, 0.3) is 0 Å². The zero-order valence-corrected chi connectivity index (χ0v) is 24.5. The number of rotatable bonds is 13. The molecule has 1 saturated heterocycles. The number of nitrogens with zero attached hydrogens (tertiary/aromatic N) is 6. The van der Waals surface area contributed by atoms with Crippen molar-refractivity contribution < 1.29 is 4.74 Å². The fourth-order valence-electron chi connectivity index (χ4n) is 6.26. The molecule has 5 rings (SSSR count). The Morgan fingerprint density at radius 1 is 1.08 bits per heavy atom. The van der Waals surface area contributed by atoms with Crippen molar-refractivity contribution in [2.24, 2.45) is 10.9 Å². The Labute approximate surface area is 234 Å². The normalized spacial score (nSPS) is 22.2. The number of hydrogen-bond acceptors (Lipinski definition) is 8. The third-order valence-corrected chi connectivity index (χ3v) is 8.85. The Morgan fingerprint density at radius 2 is 1.87 bits per heavy atom. The fourth-order valence-corrected chi connectivity index (χ4v) is 6.26. The van der Waals surface area contributed by atoms with Crippen LogP contribution in [0.2, 0.25) is 0 Å². The first-order chi connectivity index (χ1) is 19.0. The molecule has 2 fully saturated rings. The van der Waals surface area contributed by atoms with Gasteiger partial charge in [0.05, 0.1) is 29.2 Å². The molecular formula is C30H48N8O. The smallest absolute Gasteiger partial charge is 0.231 e. The van der Waals surface area contributed by atoms with E-state index in [1.807, 2.05) is 24.0 Å². The molecule has 39 heavy (non-hydrogen) atoms. The van der Waals surface area contributed by atoms with Gasteiger partial charge in [0.15, 0.2) is 5.82 Å². The van der Waals surface area contributed by atoms with Gasteiger partial charge in [-0.15, -0.1) is 0 Å². The highest BCUT2D eigenvalue weighted by atomic mass is 16.5. The van der Waals surface area contributed by atoms with Crippen LogP contribution in [0, 0.1) is 5.92 Å². The Hall–Kier alpha value is -2.52. The van der Waals surface area contributed by atoms with Crippen LogP contribution in [-0.4, -0.2) is 68.7 Å². The molecule has 0 spiro atoms. The average Bonchev–Trinajstić information content (AvgIpc) is 3.41. The number of fused-ring (bicyclic) bond motifs is 1. The van der Waals surface area contributed by atoms with Crippen LogP contribution < -0.4 is 10.6 Å². The summed E-state index contributed by atoms with van der Waals surface area (Å²) in [6.45, 7) is 13.1. The lowest BCUT2D eigenvalue weighted by Crippen LogP contribution is -2.41. The second-order valence-electron chi connectivity index (χ2n) is 11.8. The van der Waals surface area contributed by atoms with E-state index in [0.717, 1.165) is 60.6 Å². The summed E-state index contributed by atoms with van der Waals surface area (Å²) in [6, 6.07) is 1.53. The summed E-state index contributed by atoms with van der Waals surface area (Å²) in [5, 5.41) is 11.7. The molecule has 2 aliphatic heterocycles. The van der Waals surface area contributed by atoms with Crippen molar-refractivity contribution in [2.45, 2.75) is 110 Å². The van der Waals surface area contributed by atoms with E-state index in [9.17, 15) is 0 Å². The molecular weight excluding hydrogens is 488 g/mol. The highest BCUT2D eigenvalue weighted by Gasteiger charge is 2.29. The molecule has 4 heterocycles. The van der Waals surface area contributed by atoms with Gasteiger partial charge in [0, 0.05) is 31.5 Å². The van der Waals surface area contributed by atoms with Gasteiger partial charge in [-0.3, -0.25) is 4.68 Å². The number of aliphatic imine (C=N–C) groups is 1. The van der Waals surface area contributed by atoms with E-state index < -0.39 is 0 Å². The third-order valence-electron chi connectivity index (χ3n) is 8.85. The molecule has 1 atom stereocenters. The topological polar surface area (TPSA) is 92.5 Å². The van der Waals surface area contributed by atoms with E-state index in [2.05, 4.69) is 51.4 Å². The van der Waals surface area contributed by atoms with Gasteiger partial charge in [-0.25, -0.2) is 4.99 Å². The van der Waals surface area contributed by atoms with Gasteiger partial charge in [0.25, 0.3) is 0 Å². The summed E-state index contributed by atoms with van der Waals surface area (Å²) in [5.41, 5.74) is 2.98. The lowest BCUT2D eigenvalue weighted by Gasteiger charge is -2.37. The summed E-state index contributed by atoms with van der Waals surface area (Å²) in [6.07, 6.45) is 15.9. The Balaban J connectivity index is 1.18. The van der Waals surface area contributed by atoms with Crippen molar-refractivity contribution in [1.29, 1.82) is 0 Å². The molecule has 1 aliphatic carbocycles. The summed E-state index contributed by atoms with van der Waals surface area (Å²) in [5.74, 6) is 3.10. The standard InChI is InChI=1S/C30H48N8O/c1-5-15-37(16-7-8-21(3)6-2)25-11-9-23(10-12-25)33-29-27-22(4)32-28(27)35-30(36-29)34-24-19-31-38(20-24)26-13-17-39-18-14-26/h19-21,23,25-26H,5-18H2,1-4H3,(H2,32,33,34,35,36). The molecule has 2 aromatic rings. The van der Waals surface area contributed by atoms with Crippen molar-refractivity contribution in [3.05, 3.63) is 18.0 Å². The number of aromatic nitrogens is 4. The fraction of sp³-hybridized carbons (Fsp3) is 0.733. The van der Waals surface area contributed by atoms with Crippen molar-refractivity contribution in [1.82, 2.24) is 24.6 Å². The number of ether oxygens (including phenoxy) is 1. The molecule has 3 aliphatic rings. The van der Waals surface area contributed by atoms with Crippen LogP contribution in [0.15, 0.2) is 17.4 Å². The van der Waals surface area contributed by atoms with Crippen molar-refractivity contribution in [3.63, 3.8) is 0 Å². The number of hydrogen-bond donors (Lipinski definition) is 2. The summed E-state index contributed by atoms with van der Waals surface area (Å²) >= 11 is 0. The maximum Gasteiger partial charge on any atom is 0.231 e. The zero-order chi connectivity index (χ0) is 27.2. The van der Waals surface area contributed by atoms with E-state index in [1.165, 1.54) is 64.5 Å². The van der Waals surface area contributed by atoms with Gasteiger partial charge in [0.2, 0.25) is 5.95 Å². The van der Waals surface area contributed by atoms with E-state index in [1.54, 1.807) is 0 Å². The Kier molecular flexibility index (Phi) is 9.50. The van der Waals surface area contributed by atoms with E-state index in [-0.39, 0.29) is 0 Å². The first-order valence-electron chi connectivity index (χ1n) is 15.4. The zero-order valence-electron chi connectivity index (χ0n) is 24.5. The molecule has 0 amide bonds. The number of nitrogens with one attached hydrogen (secondary N) is 2. The van der Waals surface area contributed by atoms with E-state index >= 15 is 0 Å². The molecule has 0 radical (unpaired) electrons. The molecule has 2 aromatic heterocycles. The van der Waals surface area contributed by atoms with Crippen molar-refractivity contribution in [3.8, 4) is 0 Å². The highest BCUT2D eigenvalue weighted by Crippen LogP contribution is 2.36. The summed E-state index contributed by atoms with van der Waals surface area (Å²) < 4.78 is 7.54. The molecule has 9 heteroatoms. The number of anilines is 3. The summed E-state index contributed by atoms with van der Waals surface area (Å²) in [7, 11) is 0. The first kappa shape index (κ1) is 28.0. The van der Waals surface area contributed by atoms with Gasteiger partial charge in [-0.1, -0.05) is 27.2 Å². The first-order valence-corrected chi connectivity index (χ1v) is 15.4. The Bertz CT molecular complexity index is 1100. The molecule has 214 valence electrons. The minimum Gasteiger partial charge on any atom is -0.381 e. The second-order valence-corrected chi connectivity index (χ2v) is 11.8. The van der Waals surface area contributed by atoms with Crippen LogP contribution in [0.4, 0.5) is 23.3 Å². The van der Waals surface area contributed by atoms with Crippen molar-refractivity contribution in [2.75, 3.05) is 36.9 Å². The molecule has 0 bridgehead atoms. The minimum absolute atomic E-state index is 0.389. The van der Waals surface area contributed by atoms with Crippen LogP contribution in [0.1, 0.15) is 104 Å². The van der Waals surface area contributed by atoms with E-state index in [0.29, 0.717) is 24.1 Å². The largest absolute Gasteiger partial charge is 0.381 e. The van der Waals surface area contributed by atoms with Gasteiger partial charge >= 0.3 is 0 Å². The molecule has 1 unspecified atom stereocenters. The Morgan fingerprint density at radius 3 is 2.59 bits per heavy atom. The predicted molar refractivity (Wildman–Crippen MR) is 159 cm³/mol. The molecule has 0 aromatic carbocycles.